The molecule has 3 N–H and O–H groups in total. The molecule has 5 rings (SSSR count). The van der Waals surface area contributed by atoms with Crippen molar-refractivity contribution >= 4 is 57.8 Å². The molecule has 0 radical (unpaired) electrons. The number of carbonyl (C=O) groups is 1. The summed E-state index contributed by atoms with van der Waals surface area (Å²) >= 11 is 7.48. The van der Waals surface area contributed by atoms with Gasteiger partial charge in [0.05, 0.1) is 0 Å². The number of piperidine rings is 1. The number of fused-ring (bicyclic) bond motifs is 1. The van der Waals surface area contributed by atoms with Crippen molar-refractivity contribution in [3.8, 4) is 0 Å². The number of anilines is 3. The summed E-state index contributed by atoms with van der Waals surface area (Å²) in [6.07, 6.45) is 5.48. The van der Waals surface area contributed by atoms with Gasteiger partial charge in [0.25, 0.3) is 0 Å². The van der Waals surface area contributed by atoms with E-state index < -0.39 is 6.03 Å². The number of H-pyrrole nitrogens is 1. The predicted molar refractivity (Wildman–Crippen MR) is 135 cm³/mol. The minimum Gasteiger partial charge on any atom is -0.360 e. The molecular weight excluding hydrogens is 456 g/mol. The summed E-state index contributed by atoms with van der Waals surface area (Å²) in [6, 6.07) is 16.7. The molecule has 2 amide bonds. The van der Waals surface area contributed by atoms with Crippen LogP contribution in [0.4, 0.5) is 22.2 Å². The van der Waals surface area contributed by atoms with E-state index in [-0.39, 0.29) is 5.95 Å². The predicted octanol–water partition coefficient (Wildman–Crippen LogP) is 6.40. The van der Waals surface area contributed by atoms with Gasteiger partial charge in [0.1, 0.15) is 10.8 Å². The molecule has 3 heterocycles. The zero-order valence-electron chi connectivity index (χ0n) is 17.8. The Morgan fingerprint density at radius 2 is 1.79 bits per heavy atom. The fraction of sp³-hybridized carbons (Fsp3) is 0.208. The summed E-state index contributed by atoms with van der Waals surface area (Å²) in [7, 11) is 0. The Labute approximate surface area is 201 Å². The van der Waals surface area contributed by atoms with Gasteiger partial charge in [0, 0.05) is 51.9 Å². The topological polar surface area (TPSA) is 85.9 Å². The number of urea groups is 1. The molecule has 1 saturated heterocycles. The molecule has 0 bridgehead atoms. The Balaban J connectivity index is 1.41. The van der Waals surface area contributed by atoms with E-state index in [1.54, 1.807) is 36.0 Å². The smallest absolute Gasteiger partial charge is 0.326 e. The number of benzene rings is 2. The van der Waals surface area contributed by atoms with E-state index in [0.29, 0.717) is 10.7 Å². The van der Waals surface area contributed by atoms with Gasteiger partial charge in [-0.3, -0.25) is 5.32 Å². The highest BCUT2D eigenvalue weighted by molar-refractivity contribution is 7.99. The molecule has 1 fully saturated rings. The highest BCUT2D eigenvalue weighted by Crippen LogP contribution is 2.34. The van der Waals surface area contributed by atoms with Gasteiger partial charge in [0.2, 0.25) is 5.95 Å². The van der Waals surface area contributed by atoms with Crippen LogP contribution in [-0.4, -0.2) is 34.1 Å². The summed E-state index contributed by atoms with van der Waals surface area (Å²) in [4.78, 5) is 28.5. The van der Waals surface area contributed by atoms with Gasteiger partial charge in [-0.1, -0.05) is 41.6 Å². The van der Waals surface area contributed by atoms with Gasteiger partial charge in [-0.25, -0.2) is 9.78 Å². The van der Waals surface area contributed by atoms with Crippen molar-refractivity contribution in [1.29, 1.82) is 0 Å². The zero-order valence-corrected chi connectivity index (χ0v) is 19.4. The number of rotatable bonds is 5. The van der Waals surface area contributed by atoms with E-state index >= 15 is 0 Å². The molecule has 1 aliphatic heterocycles. The number of nitrogens with one attached hydrogen (secondary N) is 3. The fourth-order valence-corrected chi connectivity index (χ4v) is 4.90. The number of hydrogen-bond acceptors (Lipinski definition) is 5. The fourth-order valence-electron chi connectivity index (χ4n) is 3.85. The van der Waals surface area contributed by atoms with Gasteiger partial charge in [0.15, 0.2) is 0 Å². The number of hydrogen-bond donors (Lipinski definition) is 3. The van der Waals surface area contributed by atoms with Crippen LogP contribution in [0, 0.1) is 0 Å². The summed E-state index contributed by atoms with van der Waals surface area (Å²) in [5.41, 5.74) is 1.71. The van der Waals surface area contributed by atoms with Crippen LogP contribution in [0.15, 0.2) is 70.7 Å². The van der Waals surface area contributed by atoms with Crippen LogP contribution in [0.2, 0.25) is 5.02 Å². The highest BCUT2D eigenvalue weighted by Gasteiger charge is 2.17. The number of halogens is 1. The largest absolute Gasteiger partial charge is 0.360 e. The van der Waals surface area contributed by atoms with Crippen molar-refractivity contribution in [2.45, 2.75) is 29.2 Å². The molecule has 0 atom stereocenters. The van der Waals surface area contributed by atoms with Gasteiger partial charge < -0.3 is 15.2 Å². The summed E-state index contributed by atoms with van der Waals surface area (Å²) < 4.78 is 0. The maximum absolute atomic E-state index is 12.6. The van der Waals surface area contributed by atoms with Crippen molar-refractivity contribution in [3.05, 3.63) is 65.8 Å². The maximum Gasteiger partial charge on any atom is 0.326 e. The van der Waals surface area contributed by atoms with Crippen LogP contribution in [0.1, 0.15) is 19.3 Å². The van der Waals surface area contributed by atoms with Gasteiger partial charge in [-0.05, 0) is 49.6 Å². The number of aromatic amines is 1. The number of carbonyl (C=O) groups excluding carboxylic acids is 1. The molecule has 2 aromatic carbocycles. The Hall–Kier alpha value is -3.23. The third-order valence-electron chi connectivity index (χ3n) is 5.46. The van der Waals surface area contributed by atoms with E-state index in [9.17, 15) is 4.79 Å². The third-order valence-corrected chi connectivity index (χ3v) is 6.69. The highest BCUT2D eigenvalue weighted by atomic mass is 35.5. The molecule has 0 unspecified atom stereocenters. The number of aromatic nitrogens is 3. The van der Waals surface area contributed by atoms with Crippen LogP contribution in [0.25, 0.3) is 10.9 Å². The van der Waals surface area contributed by atoms with Crippen LogP contribution in [-0.2, 0) is 0 Å². The number of nitrogens with zero attached hydrogens (tertiary/aromatic N) is 3. The zero-order chi connectivity index (χ0) is 22.6. The van der Waals surface area contributed by atoms with E-state index in [1.807, 2.05) is 30.5 Å². The van der Waals surface area contributed by atoms with E-state index in [2.05, 4.69) is 36.6 Å². The average Bonchev–Trinajstić information content (AvgIpc) is 3.24. The van der Waals surface area contributed by atoms with Crippen molar-refractivity contribution in [2.24, 2.45) is 0 Å². The van der Waals surface area contributed by atoms with Crippen LogP contribution < -0.4 is 15.5 Å². The molecule has 33 heavy (non-hydrogen) atoms. The Morgan fingerprint density at radius 1 is 1.00 bits per heavy atom. The average molecular weight is 479 g/mol. The molecule has 4 aromatic rings. The van der Waals surface area contributed by atoms with Crippen molar-refractivity contribution in [1.82, 2.24) is 15.0 Å². The van der Waals surface area contributed by atoms with Gasteiger partial charge in [-0.15, -0.1) is 0 Å². The molecule has 0 aliphatic carbocycles. The lowest BCUT2D eigenvalue weighted by Crippen LogP contribution is -2.30. The van der Waals surface area contributed by atoms with Crippen LogP contribution in [0.3, 0.4) is 0 Å². The van der Waals surface area contributed by atoms with Crippen molar-refractivity contribution in [2.75, 3.05) is 28.6 Å². The molecule has 1 aliphatic rings. The lowest BCUT2D eigenvalue weighted by molar-refractivity contribution is 0.262. The second-order valence-corrected chi connectivity index (χ2v) is 9.32. The molecular formula is C24H23ClN6OS. The third kappa shape index (κ3) is 5.23. The number of amides is 2. The van der Waals surface area contributed by atoms with Crippen LogP contribution in [0.5, 0.6) is 0 Å². The minimum absolute atomic E-state index is 0.270. The van der Waals surface area contributed by atoms with Crippen molar-refractivity contribution < 1.29 is 4.79 Å². The Morgan fingerprint density at radius 3 is 2.61 bits per heavy atom. The van der Waals surface area contributed by atoms with Gasteiger partial charge in [-0.2, -0.15) is 4.98 Å². The van der Waals surface area contributed by atoms with E-state index in [0.717, 1.165) is 52.6 Å². The Bertz CT molecular complexity index is 1270. The SMILES string of the molecule is O=C(Nc1ccc(Cl)cc1)Nc1nc(Sc2c[nH]c3ccccc23)cc(N2CCCCC2)n1. The lowest BCUT2D eigenvalue weighted by atomic mass is 10.1. The monoisotopic (exact) mass is 478 g/mol. The molecule has 0 spiro atoms. The first kappa shape index (κ1) is 21.6. The van der Waals surface area contributed by atoms with Crippen molar-refractivity contribution in [3.63, 3.8) is 0 Å². The Kier molecular flexibility index (Phi) is 6.37. The van der Waals surface area contributed by atoms with E-state index in [1.165, 1.54) is 6.42 Å². The van der Waals surface area contributed by atoms with Crippen LogP contribution >= 0.6 is 23.4 Å². The maximum atomic E-state index is 12.6. The molecule has 7 nitrogen and oxygen atoms in total. The second-order valence-electron chi connectivity index (χ2n) is 7.82. The molecule has 0 saturated carbocycles. The molecule has 9 heteroatoms. The quantitative estimate of drug-likeness (QED) is 0.289. The second kappa shape index (κ2) is 9.72. The summed E-state index contributed by atoms with van der Waals surface area (Å²) in [5.74, 6) is 1.10. The summed E-state index contributed by atoms with van der Waals surface area (Å²) in [6.45, 7) is 1.90. The normalized spacial score (nSPS) is 13.8. The first-order valence-electron chi connectivity index (χ1n) is 10.9. The van der Waals surface area contributed by atoms with E-state index in [4.69, 9.17) is 11.6 Å². The minimum atomic E-state index is -0.406. The molecule has 2 aromatic heterocycles. The molecule has 168 valence electrons. The summed E-state index contributed by atoms with van der Waals surface area (Å²) in [5, 5.41) is 8.10. The first-order chi connectivity index (χ1) is 16.1. The first-order valence-corrected chi connectivity index (χ1v) is 12.0. The van der Waals surface area contributed by atoms with Gasteiger partial charge >= 0.3 is 6.03 Å². The lowest BCUT2D eigenvalue weighted by Gasteiger charge is -2.28. The standard InChI is InChI=1S/C24H23ClN6OS/c25-16-8-10-17(11-9-16)27-24(32)30-23-28-21(31-12-4-1-5-13-31)14-22(29-23)33-20-15-26-19-7-3-2-6-18(19)20/h2-3,6-11,14-15,26H,1,4-5,12-13H2,(H2,27,28,29,30,32). The number of para-hydroxylation sites is 1.